The summed E-state index contributed by atoms with van der Waals surface area (Å²) in [7, 11) is 1.64. The van der Waals surface area contributed by atoms with Gasteiger partial charge in [-0.2, -0.15) is 0 Å². The zero-order valence-corrected chi connectivity index (χ0v) is 20.4. The van der Waals surface area contributed by atoms with E-state index in [4.69, 9.17) is 9.47 Å². The summed E-state index contributed by atoms with van der Waals surface area (Å²) in [6, 6.07) is 5.48. The molecule has 1 heterocycles. The van der Waals surface area contributed by atoms with Gasteiger partial charge in [0.05, 0.1) is 26.3 Å². The molecule has 0 atom stereocenters. The number of ether oxygens (including phenoxy) is 2. The number of guanidine groups is 1. The first-order valence-corrected chi connectivity index (χ1v) is 10.5. The number of hydrogen-bond acceptors (Lipinski definition) is 5. The fraction of sp³-hybridized carbons (Fsp3) is 0.571. The number of hydrogen-bond donors (Lipinski definition) is 3. The van der Waals surface area contributed by atoms with Crippen LogP contribution in [0.1, 0.15) is 38.2 Å². The molecular formula is C21H32IN5O4. The van der Waals surface area contributed by atoms with Gasteiger partial charge in [-0.25, -0.2) is 9.79 Å². The molecule has 0 spiro atoms. The van der Waals surface area contributed by atoms with Gasteiger partial charge in [0.25, 0.3) is 0 Å². The van der Waals surface area contributed by atoms with Crippen LogP contribution < -0.4 is 25.4 Å². The SMILES string of the molecule is CCNC(=NCc1cccc(OC)c1OC1CCCC1)NCCN1C(=O)CNC1=O.I. The second kappa shape index (κ2) is 12.6. The predicted molar refractivity (Wildman–Crippen MR) is 129 cm³/mol. The molecule has 0 unspecified atom stereocenters. The van der Waals surface area contributed by atoms with Gasteiger partial charge in [0.1, 0.15) is 0 Å². The van der Waals surface area contributed by atoms with Crippen molar-refractivity contribution >= 4 is 41.9 Å². The van der Waals surface area contributed by atoms with Gasteiger partial charge in [0, 0.05) is 25.2 Å². The highest BCUT2D eigenvalue weighted by molar-refractivity contribution is 14.0. The van der Waals surface area contributed by atoms with Crippen LogP contribution in [0, 0.1) is 0 Å². The molecule has 9 nitrogen and oxygen atoms in total. The van der Waals surface area contributed by atoms with Crippen LogP contribution in [0.3, 0.4) is 0 Å². The second-order valence-corrected chi connectivity index (χ2v) is 7.30. The molecule has 1 saturated heterocycles. The van der Waals surface area contributed by atoms with Crippen molar-refractivity contribution in [2.24, 2.45) is 4.99 Å². The van der Waals surface area contributed by atoms with E-state index >= 15 is 0 Å². The van der Waals surface area contributed by atoms with Crippen LogP contribution in [0.15, 0.2) is 23.2 Å². The number of methoxy groups -OCH3 is 1. The Balaban J connectivity index is 0.00000341. The molecular weight excluding hydrogens is 513 g/mol. The lowest BCUT2D eigenvalue weighted by atomic mass is 10.1. The van der Waals surface area contributed by atoms with E-state index in [2.05, 4.69) is 20.9 Å². The van der Waals surface area contributed by atoms with Gasteiger partial charge in [0.15, 0.2) is 17.5 Å². The lowest BCUT2D eigenvalue weighted by molar-refractivity contribution is -0.124. The number of urea groups is 1. The van der Waals surface area contributed by atoms with Crippen LogP contribution in [0.4, 0.5) is 4.79 Å². The maximum Gasteiger partial charge on any atom is 0.324 e. The number of nitrogens with zero attached hydrogens (tertiary/aromatic N) is 2. The smallest absolute Gasteiger partial charge is 0.324 e. The summed E-state index contributed by atoms with van der Waals surface area (Å²) < 4.78 is 11.8. The number of carbonyl (C=O) groups excluding carboxylic acids is 2. The van der Waals surface area contributed by atoms with Crippen molar-refractivity contribution in [3.05, 3.63) is 23.8 Å². The molecule has 1 aliphatic carbocycles. The third kappa shape index (κ3) is 6.88. The van der Waals surface area contributed by atoms with Gasteiger partial charge in [-0.15, -0.1) is 24.0 Å². The van der Waals surface area contributed by atoms with E-state index in [0.29, 0.717) is 31.3 Å². The third-order valence-corrected chi connectivity index (χ3v) is 5.18. The molecule has 31 heavy (non-hydrogen) atoms. The lowest BCUT2D eigenvalue weighted by Gasteiger charge is -2.19. The fourth-order valence-corrected chi connectivity index (χ4v) is 3.63. The molecule has 3 amide bonds. The third-order valence-electron chi connectivity index (χ3n) is 5.18. The van der Waals surface area contributed by atoms with E-state index in [9.17, 15) is 9.59 Å². The van der Waals surface area contributed by atoms with Crippen LogP contribution in [0.25, 0.3) is 0 Å². The molecule has 10 heteroatoms. The highest BCUT2D eigenvalue weighted by atomic mass is 127. The van der Waals surface area contributed by atoms with Crippen LogP contribution in [0.2, 0.25) is 0 Å². The Kier molecular flexibility index (Phi) is 10.2. The summed E-state index contributed by atoms with van der Waals surface area (Å²) in [6.07, 6.45) is 4.74. The monoisotopic (exact) mass is 545 g/mol. The Morgan fingerprint density at radius 3 is 2.68 bits per heavy atom. The largest absolute Gasteiger partial charge is 0.493 e. The first-order chi connectivity index (χ1) is 14.6. The van der Waals surface area contributed by atoms with E-state index in [1.165, 1.54) is 17.7 Å². The van der Waals surface area contributed by atoms with Crippen molar-refractivity contribution in [3.8, 4) is 11.5 Å². The minimum Gasteiger partial charge on any atom is -0.493 e. The standard InChI is InChI=1S/C21H31N5O4.HI/c1-3-22-20(23-11-12-26-18(27)14-25-21(26)28)24-13-15-7-6-10-17(29-2)19(15)30-16-8-4-5-9-16;/h6-7,10,16H,3-5,8-9,11-14H2,1-2H3,(H,25,28)(H2,22,23,24);1H. The Hall–Kier alpha value is -2.24. The van der Waals surface area contributed by atoms with E-state index in [1.807, 2.05) is 25.1 Å². The average molecular weight is 545 g/mol. The molecule has 0 radical (unpaired) electrons. The molecule has 1 aliphatic heterocycles. The van der Waals surface area contributed by atoms with Crippen molar-refractivity contribution < 1.29 is 19.1 Å². The Labute approximate surface area is 200 Å². The van der Waals surface area contributed by atoms with E-state index in [0.717, 1.165) is 24.2 Å². The highest BCUT2D eigenvalue weighted by Gasteiger charge is 2.27. The minimum atomic E-state index is -0.353. The highest BCUT2D eigenvalue weighted by Crippen LogP contribution is 2.35. The molecule has 2 fully saturated rings. The van der Waals surface area contributed by atoms with Crippen molar-refractivity contribution in [1.29, 1.82) is 0 Å². The van der Waals surface area contributed by atoms with Gasteiger partial charge in [-0.05, 0) is 38.7 Å². The summed E-state index contributed by atoms with van der Waals surface area (Å²) >= 11 is 0. The molecule has 0 bridgehead atoms. The molecule has 172 valence electrons. The Bertz CT molecular complexity index is 767. The molecule has 1 saturated carbocycles. The zero-order valence-electron chi connectivity index (χ0n) is 18.1. The van der Waals surface area contributed by atoms with Crippen molar-refractivity contribution in [2.75, 3.05) is 33.3 Å². The number of halogens is 1. The minimum absolute atomic E-state index is 0. The molecule has 3 rings (SSSR count). The van der Waals surface area contributed by atoms with Crippen molar-refractivity contribution in [2.45, 2.75) is 45.3 Å². The fourth-order valence-electron chi connectivity index (χ4n) is 3.63. The number of benzene rings is 1. The second-order valence-electron chi connectivity index (χ2n) is 7.30. The van der Waals surface area contributed by atoms with Gasteiger partial charge < -0.3 is 25.4 Å². The molecule has 3 N–H and O–H groups in total. The van der Waals surface area contributed by atoms with E-state index in [-0.39, 0.29) is 55.1 Å². The quantitative estimate of drug-likeness (QED) is 0.190. The zero-order chi connectivity index (χ0) is 21.3. The molecule has 1 aromatic carbocycles. The number of aliphatic imine (C=N–C) groups is 1. The van der Waals surface area contributed by atoms with Gasteiger partial charge in [-0.3, -0.25) is 9.69 Å². The van der Waals surface area contributed by atoms with E-state index < -0.39 is 0 Å². The summed E-state index contributed by atoms with van der Waals surface area (Å²) in [5.74, 6) is 1.87. The van der Waals surface area contributed by atoms with Crippen LogP contribution in [-0.2, 0) is 11.3 Å². The topological polar surface area (TPSA) is 104 Å². The molecule has 1 aromatic rings. The summed E-state index contributed by atoms with van der Waals surface area (Å²) in [4.78, 5) is 29.2. The van der Waals surface area contributed by atoms with Gasteiger partial charge in [-0.1, -0.05) is 12.1 Å². The Morgan fingerprint density at radius 2 is 2.03 bits per heavy atom. The summed E-state index contributed by atoms with van der Waals surface area (Å²) in [5, 5.41) is 8.87. The summed E-state index contributed by atoms with van der Waals surface area (Å²) in [6.45, 7) is 3.84. The van der Waals surface area contributed by atoms with Crippen LogP contribution in [-0.4, -0.2) is 62.2 Å². The Morgan fingerprint density at radius 1 is 1.26 bits per heavy atom. The first kappa shape index (κ1) is 25.0. The number of carbonyl (C=O) groups is 2. The van der Waals surface area contributed by atoms with E-state index in [1.54, 1.807) is 7.11 Å². The summed E-state index contributed by atoms with van der Waals surface area (Å²) in [5.41, 5.74) is 0.951. The maximum absolute atomic E-state index is 11.7. The average Bonchev–Trinajstić information content (AvgIpc) is 3.37. The first-order valence-electron chi connectivity index (χ1n) is 10.5. The lowest BCUT2D eigenvalue weighted by Crippen LogP contribution is -2.43. The number of nitrogens with one attached hydrogen (secondary N) is 3. The number of rotatable bonds is 9. The normalized spacial score (nSPS) is 16.7. The number of amides is 3. The number of para-hydroxylation sites is 1. The van der Waals surface area contributed by atoms with Crippen LogP contribution >= 0.6 is 24.0 Å². The molecule has 0 aromatic heterocycles. The van der Waals surface area contributed by atoms with Gasteiger partial charge in [0.2, 0.25) is 5.91 Å². The van der Waals surface area contributed by atoms with Crippen LogP contribution in [0.5, 0.6) is 11.5 Å². The van der Waals surface area contributed by atoms with Crippen molar-refractivity contribution in [3.63, 3.8) is 0 Å². The maximum atomic E-state index is 11.7. The van der Waals surface area contributed by atoms with Gasteiger partial charge >= 0.3 is 6.03 Å². The van der Waals surface area contributed by atoms with Crippen molar-refractivity contribution in [1.82, 2.24) is 20.9 Å². The predicted octanol–water partition coefficient (Wildman–Crippen LogP) is 2.24. The number of imide groups is 1. The molecule has 2 aliphatic rings.